The van der Waals surface area contributed by atoms with Gasteiger partial charge in [0.25, 0.3) is 0 Å². The Morgan fingerprint density at radius 1 is 0.844 bits per heavy atom. The summed E-state index contributed by atoms with van der Waals surface area (Å²) >= 11 is 0. The Balaban J connectivity index is 2.25. The maximum absolute atomic E-state index is 13.6. The highest BCUT2D eigenvalue weighted by Crippen LogP contribution is 2.14. The average molecular weight is 625 g/mol. The first-order valence-corrected chi connectivity index (χ1v) is 14.8. The molecule has 0 aliphatic carbocycles. The van der Waals surface area contributed by atoms with Gasteiger partial charge < -0.3 is 35.9 Å². The number of amides is 4. The topological polar surface area (TPSA) is 175 Å². The van der Waals surface area contributed by atoms with E-state index in [0.717, 1.165) is 17.2 Å². The van der Waals surface area contributed by atoms with Gasteiger partial charge in [-0.1, -0.05) is 62.4 Å². The molecule has 12 heteroatoms. The Morgan fingerprint density at radius 3 is 2.11 bits per heavy atom. The highest BCUT2D eigenvalue weighted by Gasteiger charge is 2.29. The molecule has 0 aliphatic heterocycles. The van der Waals surface area contributed by atoms with E-state index < -0.39 is 47.9 Å². The molecule has 0 unspecified atom stereocenters. The van der Waals surface area contributed by atoms with Crippen LogP contribution in [-0.4, -0.2) is 61.6 Å². The number of benzene rings is 2. The lowest BCUT2D eigenvalue weighted by molar-refractivity contribution is -0.137. The SMILES string of the molecule is CCOC(=O)/C=C/[C@H](CCC(N)=O)NC(=O)[C@H](Cc1ccc(OC)cc1)NC(=O)[C@H](CC(C)C)NC(=O)OCc1ccccc1. The maximum Gasteiger partial charge on any atom is 0.408 e. The van der Waals surface area contributed by atoms with E-state index in [0.29, 0.717) is 5.75 Å². The minimum atomic E-state index is -1.09. The quantitative estimate of drug-likeness (QED) is 0.145. The summed E-state index contributed by atoms with van der Waals surface area (Å²) in [6.07, 6.45) is 2.24. The second-order valence-electron chi connectivity index (χ2n) is 10.7. The summed E-state index contributed by atoms with van der Waals surface area (Å²) < 4.78 is 15.4. The standard InChI is InChI=1S/C33H44N4O8/c1-5-44-30(39)18-14-25(13-17-29(34)38)35-31(40)28(20-23-11-15-26(43-4)16-12-23)36-32(41)27(19-22(2)3)37-33(42)45-21-24-9-7-6-8-10-24/h6-12,14-16,18,22,25,27-28H,5,13,17,19-21H2,1-4H3,(H2,34,38)(H,35,40)(H,36,41)(H,37,42)/b18-14+/t25-,27-,28-/m0/s1. The third kappa shape index (κ3) is 14.4. The van der Waals surface area contributed by atoms with Gasteiger partial charge in [-0.15, -0.1) is 0 Å². The first-order valence-electron chi connectivity index (χ1n) is 14.8. The van der Waals surface area contributed by atoms with Crippen molar-refractivity contribution in [1.29, 1.82) is 0 Å². The zero-order valence-corrected chi connectivity index (χ0v) is 26.2. The smallest absolute Gasteiger partial charge is 0.408 e. The van der Waals surface area contributed by atoms with Gasteiger partial charge in [-0.05, 0) is 48.9 Å². The molecule has 3 atom stereocenters. The fraction of sp³-hybridized carbons (Fsp3) is 0.424. The fourth-order valence-electron chi connectivity index (χ4n) is 4.27. The molecule has 0 aliphatic rings. The Hall–Kier alpha value is -4.87. The Bertz CT molecular complexity index is 1280. The van der Waals surface area contributed by atoms with E-state index in [1.54, 1.807) is 31.2 Å². The number of nitrogens with one attached hydrogen (secondary N) is 3. The molecule has 2 rings (SSSR count). The highest BCUT2D eigenvalue weighted by molar-refractivity contribution is 5.92. The number of ether oxygens (including phenoxy) is 3. The summed E-state index contributed by atoms with van der Waals surface area (Å²) in [6, 6.07) is 13.3. The second-order valence-corrected chi connectivity index (χ2v) is 10.7. The number of primary amides is 1. The summed E-state index contributed by atoms with van der Waals surface area (Å²) in [7, 11) is 1.54. The normalized spacial score (nSPS) is 12.9. The molecular formula is C33H44N4O8. The molecular weight excluding hydrogens is 580 g/mol. The number of alkyl carbamates (subject to hydrolysis) is 1. The predicted molar refractivity (Wildman–Crippen MR) is 168 cm³/mol. The van der Waals surface area contributed by atoms with E-state index in [2.05, 4.69) is 16.0 Å². The number of carbonyl (C=O) groups excluding carboxylic acids is 5. The van der Waals surface area contributed by atoms with E-state index in [9.17, 15) is 24.0 Å². The zero-order chi connectivity index (χ0) is 33.2. The number of carbonyl (C=O) groups is 5. The van der Waals surface area contributed by atoms with Gasteiger partial charge in [-0.2, -0.15) is 0 Å². The Morgan fingerprint density at radius 2 is 1.51 bits per heavy atom. The van der Waals surface area contributed by atoms with Crippen molar-refractivity contribution < 1.29 is 38.2 Å². The van der Waals surface area contributed by atoms with Crippen molar-refractivity contribution in [2.24, 2.45) is 11.7 Å². The Kier molecular flexibility index (Phi) is 15.7. The number of nitrogens with two attached hydrogens (primary N) is 1. The molecule has 0 radical (unpaired) electrons. The van der Waals surface area contributed by atoms with Crippen molar-refractivity contribution >= 4 is 29.8 Å². The molecule has 0 saturated carbocycles. The zero-order valence-electron chi connectivity index (χ0n) is 26.2. The molecule has 0 bridgehead atoms. The summed E-state index contributed by atoms with van der Waals surface area (Å²) in [4.78, 5) is 63.2. The molecule has 2 aromatic rings. The van der Waals surface area contributed by atoms with Crippen LogP contribution in [0, 0.1) is 5.92 Å². The van der Waals surface area contributed by atoms with Crippen LogP contribution >= 0.6 is 0 Å². The van der Waals surface area contributed by atoms with Crippen LogP contribution in [0.4, 0.5) is 4.79 Å². The lowest BCUT2D eigenvalue weighted by Gasteiger charge is -2.25. The Labute approximate surface area is 264 Å². The average Bonchev–Trinajstić information content (AvgIpc) is 3.01. The van der Waals surface area contributed by atoms with Crippen molar-refractivity contribution in [3.63, 3.8) is 0 Å². The van der Waals surface area contributed by atoms with Crippen LogP contribution < -0.4 is 26.4 Å². The van der Waals surface area contributed by atoms with Gasteiger partial charge in [0.1, 0.15) is 24.4 Å². The molecule has 244 valence electrons. The summed E-state index contributed by atoms with van der Waals surface area (Å²) in [6.45, 7) is 5.66. The first kappa shape index (κ1) is 36.3. The van der Waals surface area contributed by atoms with Crippen LogP contribution in [-0.2, 0) is 41.7 Å². The van der Waals surface area contributed by atoms with Crippen molar-refractivity contribution in [1.82, 2.24) is 16.0 Å². The number of rotatable bonds is 18. The monoisotopic (exact) mass is 624 g/mol. The number of methoxy groups -OCH3 is 1. The van der Waals surface area contributed by atoms with Crippen molar-refractivity contribution in [3.05, 3.63) is 77.9 Å². The van der Waals surface area contributed by atoms with E-state index in [4.69, 9.17) is 19.9 Å². The van der Waals surface area contributed by atoms with Crippen LogP contribution in [0.3, 0.4) is 0 Å². The predicted octanol–water partition coefficient (Wildman–Crippen LogP) is 2.93. The molecule has 2 aromatic carbocycles. The summed E-state index contributed by atoms with van der Waals surface area (Å²) in [5.74, 6) is -1.70. The van der Waals surface area contributed by atoms with Gasteiger partial charge in [-0.3, -0.25) is 14.4 Å². The molecule has 0 aromatic heterocycles. The van der Waals surface area contributed by atoms with Crippen molar-refractivity contribution in [3.8, 4) is 5.75 Å². The number of hydrogen-bond donors (Lipinski definition) is 4. The molecule has 12 nitrogen and oxygen atoms in total. The third-order valence-electron chi connectivity index (χ3n) is 6.54. The molecule has 0 heterocycles. The molecule has 4 amide bonds. The van der Waals surface area contributed by atoms with Gasteiger partial charge in [0.05, 0.1) is 13.7 Å². The van der Waals surface area contributed by atoms with Crippen molar-refractivity contribution in [2.45, 2.75) is 71.2 Å². The molecule has 5 N–H and O–H groups in total. The number of hydrogen-bond acceptors (Lipinski definition) is 8. The van der Waals surface area contributed by atoms with Gasteiger partial charge in [0.2, 0.25) is 17.7 Å². The van der Waals surface area contributed by atoms with Crippen molar-refractivity contribution in [2.75, 3.05) is 13.7 Å². The van der Waals surface area contributed by atoms with E-state index in [-0.39, 0.29) is 44.8 Å². The van der Waals surface area contributed by atoms with E-state index >= 15 is 0 Å². The first-order chi connectivity index (χ1) is 21.5. The molecule has 0 spiro atoms. The van der Waals surface area contributed by atoms with Crippen LogP contribution in [0.25, 0.3) is 0 Å². The van der Waals surface area contributed by atoms with Crippen LogP contribution in [0.2, 0.25) is 0 Å². The summed E-state index contributed by atoms with van der Waals surface area (Å²) in [5.41, 5.74) is 6.83. The van der Waals surface area contributed by atoms with Gasteiger partial charge in [0, 0.05) is 25.0 Å². The number of esters is 1. The lowest BCUT2D eigenvalue weighted by atomic mass is 10.0. The van der Waals surface area contributed by atoms with Gasteiger partial charge >= 0.3 is 12.1 Å². The lowest BCUT2D eigenvalue weighted by Crippen LogP contribution is -2.55. The third-order valence-corrected chi connectivity index (χ3v) is 6.54. The second kappa shape index (κ2) is 19.4. The fourth-order valence-corrected chi connectivity index (χ4v) is 4.27. The largest absolute Gasteiger partial charge is 0.497 e. The van der Waals surface area contributed by atoms with Gasteiger partial charge in [0.15, 0.2) is 0 Å². The molecule has 45 heavy (non-hydrogen) atoms. The maximum atomic E-state index is 13.6. The minimum Gasteiger partial charge on any atom is -0.497 e. The van der Waals surface area contributed by atoms with Crippen LogP contribution in [0.1, 0.15) is 51.2 Å². The van der Waals surface area contributed by atoms with Crippen LogP contribution in [0.15, 0.2) is 66.7 Å². The van der Waals surface area contributed by atoms with E-state index in [1.807, 2.05) is 44.2 Å². The highest BCUT2D eigenvalue weighted by atomic mass is 16.5. The van der Waals surface area contributed by atoms with Crippen LogP contribution in [0.5, 0.6) is 5.75 Å². The molecule has 0 saturated heterocycles. The molecule has 0 fully saturated rings. The minimum absolute atomic E-state index is 0.0234. The van der Waals surface area contributed by atoms with E-state index in [1.165, 1.54) is 13.2 Å². The van der Waals surface area contributed by atoms with Gasteiger partial charge in [-0.25, -0.2) is 9.59 Å². The summed E-state index contributed by atoms with van der Waals surface area (Å²) in [5, 5.41) is 8.18.